The Kier molecular flexibility index (Phi) is 6.00. The molecular formula is C17H22N6OS. The van der Waals surface area contributed by atoms with Gasteiger partial charge in [-0.1, -0.05) is 12.1 Å². The van der Waals surface area contributed by atoms with Gasteiger partial charge >= 0.3 is 6.03 Å². The molecule has 0 unspecified atom stereocenters. The molecule has 0 aliphatic rings. The minimum Gasteiger partial charge on any atom is -0.340 e. The van der Waals surface area contributed by atoms with Crippen LogP contribution in [0.3, 0.4) is 0 Å². The Morgan fingerprint density at radius 3 is 2.52 bits per heavy atom. The number of rotatable bonds is 4. The van der Waals surface area contributed by atoms with E-state index >= 15 is 0 Å². The van der Waals surface area contributed by atoms with Crippen molar-refractivity contribution in [1.82, 2.24) is 10.3 Å². The van der Waals surface area contributed by atoms with Crippen LogP contribution in [0, 0.1) is 13.8 Å². The number of carbonyl (C=O) groups is 1. The quantitative estimate of drug-likeness (QED) is 0.380. The van der Waals surface area contributed by atoms with Crippen LogP contribution in [0.5, 0.6) is 0 Å². The smallest absolute Gasteiger partial charge is 0.336 e. The molecule has 2 amide bonds. The number of nitrogens with one attached hydrogen (secondary N) is 1. The van der Waals surface area contributed by atoms with Gasteiger partial charge in [0, 0.05) is 18.1 Å². The first-order valence-electron chi connectivity index (χ1n) is 7.72. The lowest BCUT2D eigenvalue weighted by Crippen LogP contribution is -2.43. The molecule has 0 aliphatic heterocycles. The zero-order valence-corrected chi connectivity index (χ0v) is 15.8. The van der Waals surface area contributed by atoms with Crippen molar-refractivity contribution in [3.05, 3.63) is 45.4 Å². The summed E-state index contributed by atoms with van der Waals surface area (Å²) in [5, 5.41) is 15.0. The number of hydrogen-bond acceptors (Lipinski definition) is 6. The van der Waals surface area contributed by atoms with Crippen LogP contribution in [0.1, 0.15) is 35.7 Å². The second-order valence-electron chi connectivity index (χ2n) is 5.59. The van der Waals surface area contributed by atoms with E-state index in [0.717, 1.165) is 38.3 Å². The lowest BCUT2D eigenvalue weighted by atomic mass is 10.1. The van der Waals surface area contributed by atoms with Gasteiger partial charge in [0.15, 0.2) is 0 Å². The van der Waals surface area contributed by atoms with Gasteiger partial charge in [0.25, 0.3) is 0 Å². The van der Waals surface area contributed by atoms with Crippen LogP contribution in [0.2, 0.25) is 0 Å². The molecule has 0 atom stereocenters. The summed E-state index contributed by atoms with van der Waals surface area (Å²) in [4.78, 5) is 16.1. The topological polar surface area (TPSA) is 96.0 Å². The maximum Gasteiger partial charge on any atom is 0.336 e. The lowest BCUT2D eigenvalue weighted by molar-refractivity contribution is 0.248. The third-order valence-corrected chi connectivity index (χ3v) is 4.67. The Bertz CT molecular complexity index is 839. The van der Waals surface area contributed by atoms with Crippen molar-refractivity contribution in [3.63, 3.8) is 0 Å². The van der Waals surface area contributed by atoms with Crippen molar-refractivity contribution in [1.29, 1.82) is 0 Å². The van der Waals surface area contributed by atoms with Crippen molar-refractivity contribution in [2.75, 3.05) is 12.1 Å². The van der Waals surface area contributed by atoms with Gasteiger partial charge in [0.2, 0.25) is 0 Å². The molecule has 0 spiro atoms. The molecule has 8 heteroatoms. The molecule has 0 saturated carbocycles. The number of nitrogens with zero attached hydrogens (tertiary/aromatic N) is 4. The number of hydrogen-bond donors (Lipinski definition) is 2. The maximum atomic E-state index is 11.8. The first-order chi connectivity index (χ1) is 11.8. The number of aryl methyl sites for hydroxylation is 2. The normalized spacial score (nSPS) is 12.2. The maximum absolute atomic E-state index is 11.8. The molecule has 1 heterocycles. The second-order valence-corrected chi connectivity index (χ2v) is 6.45. The van der Waals surface area contributed by atoms with Crippen LogP contribution in [0.4, 0.5) is 10.5 Å². The van der Waals surface area contributed by atoms with E-state index in [1.165, 1.54) is 7.05 Å². The number of hydrazine groups is 1. The number of aromatic nitrogens is 1. The molecule has 1 aromatic heterocycles. The number of amides is 2. The zero-order valence-electron chi connectivity index (χ0n) is 15.0. The fraction of sp³-hybridized carbons (Fsp3) is 0.294. The second kappa shape index (κ2) is 8.00. The molecule has 2 aromatic rings. The summed E-state index contributed by atoms with van der Waals surface area (Å²) >= 11 is 1.54. The van der Waals surface area contributed by atoms with Crippen LogP contribution >= 0.6 is 11.3 Å². The van der Waals surface area contributed by atoms with Crippen LogP contribution in [0.15, 0.2) is 33.8 Å². The molecule has 0 radical (unpaired) electrons. The van der Waals surface area contributed by atoms with Crippen molar-refractivity contribution in [2.24, 2.45) is 16.0 Å². The summed E-state index contributed by atoms with van der Waals surface area (Å²) in [6.07, 6.45) is 0. The Balaban J connectivity index is 2.30. The standard InChI is InChI=1S/C17H22N6OS/c1-10-6-7-14(8-15(10)23(18)17(24)19-5)12(3)21-22-13(4)16-20-11(2)9-25-16/h6-9H,18H2,1-5H3,(H,19,24)/b21-12+,22-13+. The summed E-state index contributed by atoms with van der Waals surface area (Å²) in [5.74, 6) is 5.87. The van der Waals surface area contributed by atoms with E-state index in [0.29, 0.717) is 5.69 Å². The summed E-state index contributed by atoms with van der Waals surface area (Å²) in [6.45, 7) is 7.57. The summed E-state index contributed by atoms with van der Waals surface area (Å²) < 4.78 is 0. The largest absolute Gasteiger partial charge is 0.340 e. The van der Waals surface area contributed by atoms with E-state index in [2.05, 4.69) is 20.5 Å². The van der Waals surface area contributed by atoms with Gasteiger partial charge in [-0.05, 0) is 44.9 Å². The Morgan fingerprint density at radius 1 is 1.24 bits per heavy atom. The highest BCUT2D eigenvalue weighted by Crippen LogP contribution is 2.20. The molecular weight excluding hydrogens is 336 g/mol. The van der Waals surface area contributed by atoms with E-state index in [-0.39, 0.29) is 6.03 Å². The number of nitrogens with two attached hydrogens (primary N) is 1. The molecule has 1 aromatic carbocycles. The van der Waals surface area contributed by atoms with Gasteiger partial charge in [-0.2, -0.15) is 10.2 Å². The average Bonchev–Trinajstić information content (AvgIpc) is 3.04. The van der Waals surface area contributed by atoms with Crippen LogP contribution in [-0.2, 0) is 0 Å². The van der Waals surface area contributed by atoms with Gasteiger partial charge in [-0.25, -0.2) is 20.6 Å². The molecule has 7 nitrogen and oxygen atoms in total. The van der Waals surface area contributed by atoms with Gasteiger partial charge in [0.05, 0.1) is 17.1 Å². The van der Waals surface area contributed by atoms with Crippen LogP contribution < -0.4 is 16.2 Å². The van der Waals surface area contributed by atoms with Crippen molar-refractivity contribution in [2.45, 2.75) is 27.7 Å². The Morgan fingerprint density at radius 2 is 1.92 bits per heavy atom. The molecule has 132 valence electrons. The summed E-state index contributed by atoms with van der Waals surface area (Å²) in [7, 11) is 1.53. The van der Waals surface area contributed by atoms with Crippen molar-refractivity contribution in [3.8, 4) is 0 Å². The number of benzene rings is 1. The van der Waals surface area contributed by atoms with Crippen LogP contribution in [0.25, 0.3) is 0 Å². The van der Waals surface area contributed by atoms with Crippen LogP contribution in [-0.4, -0.2) is 29.5 Å². The highest BCUT2D eigenvalue weighted by Gasteiger charge is 2.13. The number of urea groups is 1. The zero-order chi connectivity index (χ0) is 18.6. The number of thiazole rings is 1. The first-order valence-corrected chi connectivity index (χ1v) is 8.60. The highest BCUT2D eigenvalue weighted by molar-refractivity contribution is 7.11. The molecule has 3 N–H and O–H groups in total. The van der Waals surface area contributed by atoms with Gasteiger partial charge in [-0.15, -0.1) is 11.3 Å². The molecule has 0 aliphatic carbocycles. The SMILES string of the molecule is CNC(=O)N(N)c1cc(/C(C)=N/N=C(\C)c2nc(C)cs2)ccc1C. The third kappa shape index (κ3) is 4.49. The summed E-state index contributed by atoms with van der Waals surface area (Å²) in [6, 6.07) is 5.26. The Labute approximate surface area is 151 Å². The molecule has 0 bridgehead atoms. The number of anilines is 1. The minimum atomic E-state index is -0.386. The predicted molar refractivity (Wildman–Crippen MR) is 104 cm³/mol. The summed E-state index contributed by atoms with van der Waals surface area (Å²) in [5.41, 5.74) is 4.79. The molecule has 0 fully saturated rings. The van der Waals surface area contributed by atoms with E-state index in [9.17, 15) is 4.79 Å². The first kappa shape index (κ1) is 18.8. The minimum absolute atomic E-state index is 0.386. The monoisotopic (exact) mass is 358 g/mol. The fourth-order valence-electron chi connectivity index (χ4n) is 2.09. The molecule has 0 saturated heterocycles. The van der Waals surface area contributed by atoms with Crippen molar-refractivity contribution >= 4 is 34.5 Å². The molecule has 2 rings (SSSR count). The third-order valence-electron chi connectivity index (χ3n) is 3.60. The van der Waals surface area contributed by atoms with Gasteiger partial charge < -0.3 is 5.32 Å². The van der Waals surface area contributed by atoms with E-state index < -0.39 is 0 Å². The lowest BCUT2D eigenvalue weighted by Gasteiger charge is -2.19. The number of carbonyl (C=O) groups excluding carboxylic acids is 1. The fourth-order valence-corrected chi connectivity index (χ4v) is 2.84. The van der Waals surface area contributed by atoms with E-state index in [4.69, 9.17) is 5.84 Å². The van der Waals surface area contributed by atoms with E-state index in [1.807, 2.05) is 51.3 Å². The van der Waals surface area contributed by atoms with E-state index in [1.54, 1.807) is 11.3 Å². The Hall–Kier alpha value is -2.58. The molecule has 25 heavy (non-hydrogen) atoms. The van der Waals surface area contributed by atoms with Gasteiger partial charge in [-0.3, -0.25) is 0 Å². The predicted octanol–water partition coefficient (Wildman–Crippen LogP) is 3.01. The van der Waals surface area contributed by atoms with Crippen molar-refractivity contribution < 1.29 is 4.79 Å². The average molecular weight is 358 g/mol. The highest BCUT2D eigenvalue weighted by atomic mass is 32.1. The van der Waals surface area contributed by atoms with Gasteiger partial charge in [0.1, 0.15) is 5.01 Å².